The van der Waals surface area contributed by atoms with Gasteiger partial charge in [-0.2, -0.15) is 0 Å². The number of thiocarbonyl (C=S) groups is 1. The van der Waals surface area contributed by atoms with Crippen LogP contribution in [0.25, 0.3) is 0 Å². The average Bonchev–Trinajstić information content (AvgIpc) is 2.26. The average molecular weight is 223 g/mol. The third-order valence-corrected chi connectivity index (χ3v) is 2.58. The van der Waals surface area contributed by atoms with Crippen LogP contribution in [-0.2, 0) is 11.3 Å². The summed E-state index contributed by atoms with van der Waals surface area (Å²) in [6.45, 7) is 4.83. The van der Waals surface area contributed by atoms with Crippen LogP contribution >= 0.6 is 12.2 Å². The van der Waals surface area contributed by atoms with Gasteiger partial charge < -0.3 is 10.5 Å². The molecule has 1 aromatic rings. The first-order chi connectivity index (χ1) is 7.13. The summed E-state index contributed by atoms with van der Waals surface area (Å²) in [6, 6.07) is 7.85. The molecule has 0 fully saturated rings. The zero-order valence-corrected chi connectivity index (χ0v) is 10.0. The van der Waals surface area contributed by atoms with Crippen molar-refractivity contribution in [2.24, 2.45) is 5.73 Å². The van der Waals surface area contributed by atoms with Gasteiger partial charge in [0.1, 0.15) is 4.99 Å². The molecule has 2 nitrogen and oxygen atoms in total. The molecule has 0 saturated heterocycles. The first-order valence-electron chi connectivity index (χ1n) is 5.13. The van der Waals surface area contributed by atoms with E-state index in [1.165, 1.54) is 0 Å². The SMILES string of the molecule is CCC(C)OCc1ccc(C(N)=S)cc1. The van der Waals surface area contributed by atoms with Crippen LogP contribution in [0.5, 0.6) is 0 Å². The quantitative estimate of drug-likeness (QED) is 0.779. The highest BCUT2D eigenvalue weighted by Gasteiger charge is 2.00. The maximum absolute atomic E-state index is 5.61. The Labute approximate surface area is 96.4 Å². The molecule has 3 heteroatoms. The summed E-state index contributed by atoms with van der Waals surface area (Å²) in [5.74, 6) is 0. The van der Waals surface area contributed by atoms with E-state index in [1.54, 1.807) is 0 Å². The number of hydrogen-bond acceptors (Lipinski definition) is 2. The Morgan fingerprint density at radius 1 is 1.40 bits per heavy atom. The van der Waals surface area contributed by atoms with Crippen molar-refractivity contribution < 1.29 is 4.74 Å². The fourth-order valence-electron chi connectivity index (χ4n) is 1.12. The summed E-state index contributed by atoms with van der Waals surface area (Å²) in [5, 5.41) is 0. The van der Waals surface area contributed by atoms with Crippen LogP contribution in [0.3, 0.4) is 0 Å². The minimum absolute atomic E-state index is 0.306. The topological polar surface area (TPSA) is 35.2 Å². The molecule has 1 atom stereocenters. The van der Waals surface area contributed by atoms with Crippen LogP contribution < -0.4 is 5.73 Å². The normalized spacial score (nSPS) is 12.4. The van der Waals surface area contributed by atoms with Crippen molar-refractivity contribution in [1.82, 2.24) is 0 Å². The maximum Gasteiger partial charge on any atom is 0.103 e. The van der Waals surface area contributed by atoms with E-state index >= 15 is 0 Å². The summed E-state index contributed by atoms with van der Waals surface area (Å²) in [5.41, 5.74) is 7.56. The van der Waals surface area contributed by atoms with Gasteiger partial charge in [-0.1, -0.05) is 43.4 Å². The van der Waals surface area contributed by atoms with E-state index in [4.69, 9.17) is 22.7 Å². The largest absolute Gasteiger partial charge is 0.389 e. The lowest BCUT2D eigenvalue weighted by atomic mass is 10.1. The third-order valence-electron chi connectivity index (χ3n) is 2.35. The van der Waals surface area contributed by atoms with Crippen molar-refractivity contribution in [2.75, 3.05) is 0 Å². The number of ether oxygens (including phenoxy) is 1. The van der Waals surface area contributed by atoms with Gasteiger partial charge in [-0.15, -0.1) is 0 Å². The second kappa shape index (κ2) is 5.83. The van der Waals surface area contributed by atoms with E-state index in [9.17, 15) is 0 Å². The Bertz CT molecular complexity index is 321. The van der Waals surface area contributed by atoms with E-state index in [-0.39, 0.29) is 0 Å². The van der Waals surface area contributed by atoms with Crippen LogP contribution in [0.2, 0.25) is 0 Å². The Hall–Kier alpha value is -0.930. The molecule has 82 valence electrons. The van der Waals surface area contributed by atoms with Crippen LogP contribution in [-0.4, -0.2) is 11.1 Å². The standard InChI is InChI=1S/C12H17NOS/c1-3-9(2)14-8-10-4-6-11(7-5-10)12(13)15/h4-7,9H,3,8H2,1-2H3,(H2,13,15). The Kier molecular flexibility index (Phi) is 4.72. The van der Waals surface area contributed by atoms with Crippen molar-refractivity contribution in [1.29, 1.82) is 0 Å². The molecule has 2 N–H and O–H groups in total. The zero-order chi connectivity index (χ0) is 11.3. The molecular weight excluding hydrogens is 206 g/mol. The second-order valence-electron chi connectivity index (χ2n) is 3.59. The van der Waals surface area contributed by atoms with Gasteiger partial charge in [0.25, 0.3) is 0 Å². The van der Waals surface area contributed by atoms with Crippen molar-refractivity contribution in [3.63, 3.8) is 0 Å². The van der Waals surface area contributed by atoms with Gasteiger partial charge in [0.15, 0.2) is 0 Å². The summed E-state index contributed by atoms with van der Waals surface area (Å²) in [4.78, 5) is 0.435. The molecule has 0 amide bonds. The molecule has 1 unspecified atom stereocenters. The van der Waals surface area contributed by atoms with Crippen molar-refractivity contribution in [3.8, 4) is 0 Å². The fourth-order valence-corrected chi connectivity index (χ4v) is 1.26. The first-order valence-corrected chi connectivity index (χ1v) is 5.54. The van der Waals surface area contributed by atoms with E-state index in [1.807, 2.05) is 24.3 Å². The number of hydrogen-bond donors (Lipinski definition) is 1. The predicted octanol–water partition coefficient (Wildman–Crippen LogP) is 2.64. The molecule has 0 aliphatic carbocycles. The second-order valence-corrected chi connectivity index (χ2v) is 4.03. The lowest BCUT2D eigenvalue weighted by Gasteiger charge is -2.10. The molecule has 1 aromatic carbocycles. The number of benzene rings is 1. The minimum atomic E-state index is 0.306. The maximum atomic E-state index is 5.61. The molecule has 1 rings (SSSR count). The summed E-state index contributed by atoms with van der Waals surface area (Å²) >= 11 is 4.88. The lowest BCUT2D eigenvalue weighted by molar-refractivity contribution is 0.0508. The van der Waals surface area contributed by atoms with Crippen LogP contribution in [0.4, 0.5) is 0 Å². The molecule has 0 aromatic heterocycles. The van der Waals surface area contributed by atoms with E-state index in [0.717, 1.165) is 17.5 Å². The molecule has 0 spiro atoms. The number of rotatable bonds is 5. The molecule has 0 radical (unpaired) electrons. The molecular formula is C12H17NOS. The van der Waals surface area contributed by atoms with Gasteiger partial charge in [-0.05, 0) is 18.9 Å². The Morgan fingerprint density at radius 2 is 2.00 bits per heavy atom. The van der Waals surface area contributed by atoms with Crippen LogP contribution in [0.15, 0.2) is 24.3 Å². The minimum Gasteiger partial charge on any atom is -0.389 e. The fraction of sp³-hybridized carbons (Fsp3) is 0.417. The third kappa shape index (κ3) is 3.98. The monoisotopic (exact) mass is 223 g/mol. The zero-order valence-electron chi connectivity index (χ0n) is 9.19. The van der Waals surface area contributed by atoms with Gasteiger partial charge in [0.2, 0.25) is 0 Å². The van der Waals surface area contributed by atoms with Crippen LogP contribution in [0.1, 0.15) is 31.4 Å². The summed E-state index contributed by atoms with van der Waals surface area (Å²) in [7, 11) is 0. The van der Waals surface area contributed by atoms with Crippen molar-refractivity contribution >= 4 is 17.2 Å². The molecule has 15 heavy (non-hydrogen) atoms. The van der Waals surface area contributed by atoms with Crippen molar-refractivity contribution in [3.05, 3.63) is 35.4 Å². The van der Waals surface area contributed by atoms with E-state index in [2.05, 4.69) is 13.8 Å². The van der Waals surface area contributed by atoms with Crippen LogP contribution in [0, 0.1) is 0 Å². The molecule has 0 heterocycles. The Morgan fingerprint density at radius 3 is 2.47 bits per heavy atom. The molecule has 0 saturated carbocycles. The highest BCUT2D eigenvalue weighted by molar-refractivity contribution is 7.80. The summed E-state index contributed by atoms with van der Waals surface area (Å²) < 4.78 is 5.61. The van der Waals surface area contributed by atoms with Gasteiger partial charge in [-0.25, -0.2) is 0 Å². The van der Waals surface area contributed by atoms with Crippen molar-refractivity contribution in [2.45, 2.75) is 33.0 Å². The van der Waals surface area contributed by atoms with Gasteiger partial charge in [0.05, 0.1) is 12.7 Å². The highest BCUT2D eigenvalue weighted by Crippen LogP contribution is 2.08. The smallest absolute Gasteiger partial charge is 0.103 e. The number of nitrogens with two attached hydrogens (primary N) is 1. The van der Waals surface area contributed by atoms with E-state index < -0.39 is 0 Å². The lowest BCUT2D eigenvalue weighted by Crippen LogP contribution is -2.09. The molecule has 0 aliphatic rings. The first kappa shape index (κ1) is 12.1. The molecule has 0 bridgehead atoms. The predicted molar refractivity (Wildman–Crippen MR) is 66.9 cm³/mol. The van der Waals surface area contributed by atoms with E-state index in [0.29, 0.717) is 17.7 Å². The summed E-state index contributed by atoms with van der Waals surface area (Å²) in [6.07, 6.45) is 1.34. The Balaban J connectivity index is 2.53. The van der Waals surface area contributed by atoms with Gasteiger partial charge >= 0.3 is 0 Å². The highest BCUT2D eigenvalue weighted by atomic mass is 32.1. The van der Waals surface area contributed by atoms with Gasteiger partial charge in [0, 0.05) is 5.56 Å². The van der Waals surface area contributed by atoms with Gasteiger partial charge in [-0.3, -0.25) is 0 Å². The molecule has 0 aliphatic heterocycles.